The molecule has 0 bridgehead atoms. The first-order valence-corrected chi connectivity index (χ1v) is 11.4. The van der Waals surface area contributed by atoms with Crippen LogP contribution in [-0.4, -0.2) is 33.2 Å². The van der Waals surface area contributed by atoms with E-state index in [4.69, 9.17) is 4.52 Å². The Morgan fingerprint density at radius 1 is 1.16 bits per heavy atom. The number of carbonyl (C=O) groups excluding carboxylic acids is 2. The zero-order valence-electron chi connectivity index (χ0n) is 17.5. The molecule has 31 heavy (non-hydrogen) atoms. The Kier molecular flexibility index (Phi) is 7.11. The molecule has 162 valence electrons. The molecule has 0 atom stereocenters. The number of anilines is 2. The number of benzene rings is 1. The van der Waals surface area contributed by atoms with Gasteiger partial charge in [-0.3, -0.25) is 9.59 Å². The number of hydrogen-bond donors (Lipinski definition) is 2. The van der Waals surface area contributed by atoms with E-state index in [1.165, 1.54) is 11.8 Å². The van der Waals surface area contributed by atoms with Gasteiger partial charge in [0.15, 0.2) is 11.0 Å². The maximum absolute atomic E-state index is 12.5. The second-order valence-electron chi connectivity index (χ2n) is 7.76. The molecule has 10 heteroatoms. The Morgan fingerprint density at radius 2 is 1.87 bits per heavy atom. The fourth-order valence-electron chi connectivity index (χ4n) is 2.56. The highest BCUT2D eigenvalue weighted by Crippen LogP contribution is 2.24. The van der Waals surface area contributed by atoms with Crippen LogP contribution in [-0.2, 0) is 16.6 Å². The Labute approximate surface area is 192 Å². The van der Waals surface area contributed by atoms with Crippen molar-refractivity contribution in [1.82, 2.24) is 15.1 Å². The molecule has 2 amide bonds. The van der Waals surface area contributed by atoms with Gasteiger partial charge in [-0.1, -0.05) is 49.8 Å². The van der Waals surface area contributed by atoms with Crippen molar-refractivity contribution in [3.05, 3.63) is 58.0 Å². The summed E-state index contributed by atoms with van der Waals surface area (Å²) in [6.07, 6.45) is 3.56. The van der Waals surface area contributed by atoms with E-state index < -0.39 is 0 Å². The maximum Gasteiger partial charge on any atom is 0.275 e. The predicted octanol–water partition coefficient (Wildman–Crippen LogP) is 4.68. The molecule has 0 aliphatic heterocycles. The molecule has 8 nitrogen and oxygen atoms in total. The first kappa shape index (κ1) is 23.0. The lowest BCUT2D eigenvalue weighted by atomic mass is 9.93. The summed E-state index contributed by atoms with van der Waals surface area (Å²) < 4.78 is 5.79. The molecule has 2 heterocycles. The van der Waals surface area contributed by atoms with Crippen LogP contribution in [0.2, 0.25) is 0 Å². The smallest absolute Gasteiger partial charge is 0.275 e. The van der Waals surface area contributed by atoms with Gasteiger partial charge >= 0.3 is 0 Å². The van der Waals surface area contributed by atoms with Crippen molar-refractivity contribution in [2.45, 2.75) is 37.8 Å². The molecular weight excluding hydrogens is 482 g/mol. The minimum atomic E-state index is -0.351. The minimum absolute atomic E-state index is 0.167. The lowest BCUT2D eigenvalue weighted by Crippen LogP contribution is -2.16. The van der Waals surface area contributed by atoms with Gasteiger partial charge in [0.25, 0.3) is 5.91 Å². The minimum Gasteiger partial charge on any atom is -0.359 e. The van der Waals surface area contributed by atoms with Crippen LogP contribution in [0.25, 0.3) is 0 Å². The zero-order chi connectivity index (χ0) is 22.6. The van der Waals surface area contributed by atoms with Gasteiger partial charge in [0.2, 0.25) is 5.91 Å². The van der Waals surface area contributed by atoms with Crippen LogP contribution in [0.1, 0.15) is 42.6 Å². The molecule has 2 N–H and O–H groups in total. The highest BCUT2D eigenvalue weighted by atomic mass is 79.9. The Hall–Kier alpha value is -2.72. The number of rotatable bonds is 6. The molecule has 0 saturated carbocycles. The third kappa shape index (κ3) is 6.14. The largest absolute Gasteiger partial charge is 0.359 e. The summed E-state index contributed by atoms with van der Waals surface area (Å²) in [6, 6.07) is 8.75. The van der Waals surface area contributed by atoms with Crippen molar-refractivity contribution in [2.75, 3.05) is 16.9 Å². The molecule has 0 radical (unpaired) electrons. The number of carbonyl (C=O) groups is 2. The average molecular weight is 504 g/mol. The molecule has 0 aliphatic carbocycles. The number of halogens is 1. The summed E-state index contributed by atoms with van der Waals surface area (Å²) in [5.74, 6) is 0.525. The van der Waals surface area contributed by atoms with E-state index in [2.05, 4.69) is 41.7 Å². The van der Waals surface area contributed by atoms with Gasteiger partial charge in [-0.15, -0.1) is 0 Å². The molecule has 0 spiro atoms. The second kappa shape index (κ2) is 9.61. The molecule has 0 fully saturated rings. The summed E-state index contributed by atoms with van der Waals surface area (Å²) in [5, 5.41) is 9.93. The second-order valence-corrected chi connectivity index (χ2v) is 9.38. The normalized spacial score (nSPS) is 11.3. The highest BCUT2D eigenvalue weighted by Gasteiger charge is 2.20. The number of hydrogen-bond acceptors (Lipinski definition) is 7. The van der Waals surface area contributed by atoms with Crippen LogP contribution in [0.3, 0.4) is 0 Å². The fourth-order valence-corrected chi connectivity index (χ4v) is 3.28. The molecular formula is C21H22BrN5O3S. The van der Waals surface area contributed by atoms with Gasteiger partial charge in [-0.2, -0.15) is 0 Å². The van der Waals surface area contributed by atoms with E-state index in [0.717, 1.165) is 5.56 Å². The van der Waals surface area contributed by atoms with Gasteiger partial charge in [0, 0.05) is 23.4 Å². The summed E-state index contributed by atoms with van der Waals surface area (Å²) in [5.41, 5.74) is 1.46. The topological polar surface area (TPSA) is 110 Å². The number of nitrogens with zero attached hydrogens (tertiary/aromatic N) is 3. The summed E-state index contributed by atoms with van der Waals surface area (Å²) in [4.78, 5) is 33.2. The SMILES string of the molecule is CSc1ncc(Br)c(C(=O)Nc2ccc(CC(=O)Nc3cc(C(C)(C)C)on3)cc2)n1. The fraction of sp³-hybridized carbons (Fsp3) is 0.286. The van der Waals surface area contributed by atoms with Gasteiger partial charge in [0.05, 0.1) is 10.9 Å². The number of aromatic nitrogens is 3. The highest BCUT2D eigenvalue weighted by molar-refractivity contribution is 9.10. The zero-order valence-corrected chi connectivity index (χ0v) is 19.9. The van der Waals surface area contributed by atoms with Crippen molar-refractivity contribution in [1.29, 1.82) is 0 Å². The summed E-state index contributed by atoms with van der Waals surface area (Å²) in [7, 11) is 0. The lowest BCUT2D eigenvalue weighted by Gasteiger charge is -2.12. The van der Waals surface area contributed by atoms with Crippen molar-refractivity contribution < 1.29 is 14.1 Å². The van der Waals surface area contributed by atoms with Crippen molar-refractivity contribution >= 4 is 51.0 Å². The first-order valence-electron chi connectivity index (χ1n) is 9.39. The average Bonchev–Trinajstić information content (AvgIpc) is 3.18. The first-order chi connectivity index (χ1) is 14.7. The van der Waals surface area contributed by atoms with E-state index in [-0.39, 0.29) is 29.3 Å². The molecule has 0 aliphatic rings. The molecule has 0 unspecified atom stereocenters. The molecule has 1 aromatic carbocycles. The number of amides is 2. The van der Waals surface area contributed by atoms with Gasteiger partial charge < -0.3 is 15.2 Å². The summed E-state index contributed by atoms with van der Waals surface area (Å²) in [6.45, 7) is 6.01. The van der Waals surface area contributed by atoms with E-state index in [9.17, 15) is 9.59 Å². The van der Waals surface area contributed by atoms with E-state index in [1.807, 2.05) is 27.0 Å². The lowest BCUT2D eigenvalue weighted by molar-refractivity contribution is -0.115. The van der Waals surface area contributed by atoms with Crippen LogP contribution in [0, 0.1) is 0 Å². The van der Waals surface area contributed by atoms with E-state index >= 15 is 0 Å². The number of nitrogens with one attached hydrogen (secondary N) is 2. The molecule has 2 aromatic heterocycles. The third-order valence-electron chi connectivity index (χ3n) is 4.21. The maximum atomic E-state index is 12.5. The van der Waals surface area contributed by atoms with Crippen LogP contribution in [0.5, 0.6) is 0 Å². The molecule has 0 saturated heterocycles. The standard InChI is InChI=1S/C21H22BrN5O3S/c1-21(2,3)15-10-16(27-30-15)25-17(28)9-12-5-7-13(8-6-12)24-19(29)18-14(22)11-23-20(26-18)31-4/h5-8,10-11H,9H2,1-4H3,(H,24,29)(H,25,27,28). The van der Waals surface area contributed by atoms with E-state index in [1.54, 1.807) is 36.5 Å². The molecule has 3 rings (SSSR count). The van der Waals surface area contributed by atoms with E-state index in [0.29, 0.717) is 26.9 Å². The van der Waals surface area contributed by atoms with Crippen LogP contribution < -0.4 is 10.6 Å². The quantitative estimate of drug-likeness (QED) is 0.371. The van der Waals surface area contributed by atoms with Crippen LogP contribution in [0.15, 0.2) is 50.7 Å². The molecule has 3 aromatic rings. The van der Waals surface area contributed by atoms with Gasteiger partial charge in [0.1, 0.15) is 11.5 Å². The summed E-state index contributed by atoms with van der Waals surface area (Å²) >= 11 is 4.65. The third-order valence-corrected chi connectivity index (χ3v) is 5.36. The van der Waals surface area contributed by atoms with Crippen LogP contribution >= 0.6 is 27.7 Å². The monoisotopic (exact) mass is 503 g/mol. The predicted molar refractivity (Wildman–Crippen MR) is 123 cm³/mol. The van der Waals surface area contributed by atoms with Crippen molar-refractivity contribution in [3.8, 4) is 0 Å². The van der Waals surface area contributed by atoms with Crippen molar-refractivity contribution in [3.63, 3.8) is 0 Å². The number of thioether (sulfide) groups is 1. The van der Waals surface area contributed by atoms with Gasteiger partial charge in [-0.05, 0) is 39.9 Å². The Morgan fingerprint density at radius 3 is 2.48 bits per heavy atom. The van der Waals surface area contributed by atoms with Crippen molar-refractivity contribution in [2.24, 2.45) is 0 Å². The Bertz CT molecular complexity index is 1090. The van der Waals surface area contributed by atoms with Crippen LogP contribution in [0.4, 0.5) is 11.5 Å². The Balaban J connectivity index is 1.59. The van der Waals surface area contributed by atoms with Gasteiger partial charge in [-0.25, -0.2) is 9.97 Å².